The van der Waals surface area contributed by atoms with Gasteiger partial charge in [-0.15, -0.1) is 0 Å². The predicted octanol–water partition coefficient (Wildman–Crippen LogP) is 1.51. The van der Waals surface area contributed by atoms with Crippen LogP contribution in [0.5, 0.6) is 5.75 Å². The van der Waals surface area contributed by atoms with Gasteiger partial charge in [-0.25, -0.2) is 0 Å². The third kappa shape index (κ3) is 4.49. The van der Waals surface area contributed by atoms with Gasteiger partial charge in [0.1, 0.15) is 12.4 Å². The third-order valence-corrected chi connectivity index (χ3v) is 3.37. The molecule has 4 heteroatoms. The normalized spacial score (nSPS) is 17.4. The van der Waals surface area contributed by atoms with E-state index in [0.29, 0.717) is 6.04 Å². The van der Waals surface area contributed by atoms with Crippen LogP contribution in [0.4, 0.5) is 0 Å². The van der Waals surface area contributed by atoms with Crippen LogP contribution in [0.2, 0.25) is 0 Å². The minimum atomic E-state index is 0.403. The first-order valence-electron chi connectivity index (χ1n) is 6.95. The summed E-state index contributed by atoms with van der Waals surface area (Å²) in [6, 6.07) is 8.71. The lowest BCUT2D eigenvalue weighted by Crippen LogP contribution is -2.38. The molecular formula is C15H24N2O2. The molecule has 0 amide bonds. The zero-order valence-electron chi connectivity index (χ0n) is 11.9. The molecule has 1 atom stereocenters. The second kappa shape index (κ2) is 7.48. The smallest absolute Gasteiger partial charge is 0.123 e. The van der Waals surface area contributed by atoms with Crippen LogP contribution >= 0.6 is 0 Å². The summed E-state index contributed by atoms with van der Waals surface area (Å²) >= 11 is 0. The molecule has 2 rings (SSSR count). The van der Waals surface area contributed by atoms with E-state index in [0.717, 1.165) is 45.1 Å². The molecule has 0 bridgehead atoms. The average molecular weight is 264 g/mol. The zero-order chi connectivity index (χ0) is 13.5. The molecule has 1 aliphatic rings. The lowest BCUT2D eigenvalue weighted by molar-refractivity contribution is 0.167. The number of methoxy groups -OCH3 is 1. The summed E-state index contributed by atoms with van der Waals surface area (Å²) in [5, 5.41) is 3.47. The van der Waals surface area contributed by atoms with Gasteiger partial charge in [-0.3, -0.25) is 4.90 Å². The van der Waals surface area contributed by atoms with Crippen LogP contribution in [-0.2, 0) is 11.3 Å². The van der Waals surface area contributed by atoms with Gasteiger partial charge in [0.15, 0.2) is 0 Å². The van der Waals surface area contributed by atoms with Gasteiger partial charge in [-0.2, -0.15) is 0 Å². The van der Waals surface area contributed by atoms with Crippen molar-refractivity contribution in [2.24, 2.45) is 0 Å². The molecule has 1 N–H and O–H groups in total. The monoisotopic (exact) mass is 264 g/mol. The standard InChI is InChI=1S/C15H24N2O2/c1-13(12-18-2)16-7-8-17-9-10-19-15-6-4-3-5-14(15)11-17/h3-6,13,16H,7-12H2,1-2H3. The predicted molar refractivity (Wildman–Crippen MR) is 76.6 cm³/mol. The molecule has 0 saturated carbocycles. The number of para-hydroxylation sites is 1. The Morgan fingerprint density at radius 1 is 1.42 bits per heavy atom. The van der Waals surface area contributed by atoms with Gasteiger partial charge in [0.05, 0.1) is 6.61 Å². The number of ether oxygens (including phenoxy) is 2. The fraction of sp³-hybridized carbons (Fsp3) is 0.600. The van der Waals surface area contributed by atoms with E-state index in [1.165, 1.54) is 5.56 Å². The summed E-state index contributed by atoms with van der Waals surface area (Å²) in [7, 11) is 1.74. The third-order valence-electron chi connectivity index (χ3n) is 3.37. The Bertz CT molecular complexity index is 384. The number of fused-ring (bicyclic) bond motifs is 1. The van der Waals surface area contributed by atoms with Crippen LogP contribution in [-0.4, -0.2) is 50.9 Å². The molecule has 0 fully saturated rings. The molecule has 0 saturated heterocycles. The summed E-state index contributed by atoms with van der Waals surface area (Å²) in [4.78, 5) is 2.43. The minimum absolute atomic E-state index is 0.403. The van der Waals surface area contributed by atoms with Crippen molar-refractivity contribution in [1.82, 2.24) is 10.2 Å². The van der Waals surface area contributed by atoms with Crippen LogP contribution in [0.3, 0.4) is 0 Å². The summed E-state index contributed by atoms with van der Waals surface area (Å²) in [5.74, 6) is 1.03. The molecule has 0 aliphatic carbocycles. The maximum atomic E-state index is 5.76. The SMILES string of the molecule is COCC(C)NCCN1CCOc2ccccc2C1. The van der Waals surface area contributed by atoms with Gasteiger partial charge in [0.25, 0.3) is 0 Å². The maximum absolute atomic E-state index is 5.76. The summed E-state index contributed by atoms with van der Waals surface area (Å²) in [6.07, 6.45) is 0. The first kappa shape index (κ1) is 14.3. The number of nitrogens with zero attached hydrogens (tertiary/aromatic N) is 1. The summed E-state index contributed by atoms with van der Waals surface area (Å²) < 4.78 is 10.9. The summed E-state index contributed by atoms with van der Waals surface area (Å²) in [5.41, 5.74) is 1.28. The van der Waals surface area contributed by atoms with Crippen LogP contribution in [0, 0.1) is 0 Å². The van der Waals surface area contributed by atoms with Gasteiger partial charge >= 0.3 is 0 Å². The van der Waals surface area contributed by atoms with E-state index in [4.69, 9.17) is 9.47 Å². The highest BCUT2D eigenvalue weighted by atomic mass is 16.5. The number of benzene rings is 1. The highest BCUT2D eigenvalue weighted by Crippen LogP contribution is 2.21. The fourth-order valence-electron chi connectivity index (χ4n) is 2.35. The Morgan fingerprint density at radius 2 is 2.26 bits per heavy atom. The van der Waals surface area contributed by atoms with Crippen molar-refractivity contribution < 1.29 is 9.47 Å². The molecule has 4 nitrogen and oxygen atoms in total. The van der Waals surface area contributed by atoms with E-state index >= 15 is 0 Å². The highest BCUT2D eigenvalue weighted by molar-refractivity contribution is 5.33. The van der Waals surface area contributed by atoms with Crippen molar-refractivity contribution in [3.05, 3.63) is 29.8 Å². The molecule has 1 unspecified atom stereocenters. The lowest BCUT2D eigenvalue weighted by atomic mass is 10.2. The second-order valence-corrected chi connectivity index (χ2v) is 5.04. The van der Waals surface area contributed by atoms with Gasteiger partial charge in [0, 0.05) is 44.9 Å². The van der Waals surface area contributed by atoms with E-state index in [-0.39, 0.29) is 0 Å². The van der Waals surface area contributed by atoms with Crippen molar-refractivity contribution in [1.29, 1.82) is 0 Å². The first-order valence-corrected chi connectivity index (χ1v) is 6.95. The largest absolute Gasteiger partial charge is 0.492 e. The van der Waals surface area contributed by atoms with E-state index in [1.54, 1.807) is 7.11 Å². The molecule has 1 aliphatic heterocycles. The van der Waals surface area contributed by atoms with E-state index in [9.17, 15) is 0 Å². The van der Waals surface area contributed by atoms with Crippen LogP contribution in [0.25, 0.3) is 0 Å². The first-order chi connectivity index (χ1) is 9.29. The fourth-order valence-corrected chi connectivity index (χ4v) is 2.35. The molecular weight excluding hydrogens is 240 g/mol. The van der Waals surface area contributed by atoms with Crippen molar-refractivity contribution in [3.63, 3.8) is 0 Å². The van der Waals surface area contributed by atoms with Crippen molar-refractivity contribution >= 4 is 0 Å². The summed E-state index contributed by atoms with van der Waals surface area (Å²) in [6.45, 7) is 7.63. The van der Waals surface area contributed by atoms with Gasteiger partial charge in [0.2, 0.25) is 0 Å². The number of hydrogen-bond donors (Lipinski definition) is 1. The molecule has 1 aromatic rings. The second-order valence-electron chi connectivity index (χ2n) is 5.04. The molecule has 19 heavy (non-hydrogen) atoms. The van der Waals surface area contributed by atoms with Gasteiger partial charge < -0.3 is 14.8 Å². The van der Waals surface area contributed by atoms with Crippen LogP contribution in [0.1, 0.15) is 12.5 Å². The lowest BCUT2D eigenvalue weighted by Gasteiger charge is -2.21. The molecule has 0 radical (unpaired) electrons. The van der Waals surface area contributed by atoms with Crippen molar-refractivity contribution in [3.8, 4) is 5.75 Å². The maximum Gasteiger partial charge on any atom is 0.123 e. The minimum Gasteiger partial charge on any atom is -0.492 e. The molecule has 106 valence electrons. The quantitative estimate of drug-likeness (QED) is 0.844. The zero-order valence-corrected chi connectivity index (χ0v) is 11.9. The topological polar surface area (TPSA) is 33.7 Å². The Morgan fingerprint density at radius 3 is 3.11 bits per heavy atom. The number of rotatable bonds is 6. The Hall–Kier alpha value is -1.10. The van der Waals surface area contributed by atoms with E-state index in [1.807, 2.05) is 6.07 Å². The molecule has 1 heterocycles. The van der Waals surface area contributed by atoms with Crippen LogP contribution < -0.4 is 10.1 Å². The van der Waals surface area contributed by atoms with Gasteiger partial charge in [-0.1, -0.05) is 18.2 Å². The van der Waals surface area contributed by atoms with Crippen LogP contribution in [0.15, 0.2) is 24.3 Å². The Kier molecular flexibility index (Phi) is 5.63. The molecule has 1 aromatic carbocycles. The van der Waals surface area contributed by atoms with E-state index in [2.05, 4.69) is 35.3 Å². The number of hydrogen-bond acceptors (Lipinski definition) is 4. The Balaban J connectivity index is 1.79. The average Bonchev–Trinajstić information content (AvgIpc) is 2.60. The molecule has 0 aromatic heterocycles. The number of nitrogens with one attached hydrogen (secondary N) is 1. The Labute approximate surface area is 115 Å². The van der Waals surface area contributed by atoms with Gasteiger partial charge in [-0.05, 0) is 13.0 Å². The van der Waals surface area contributed by atoms with E-state index < -0.39 is 0 Å². The van der Waals surface area contributed by atoms with Crippen molar-refractivity contribution in [2.45, 2.75) is 19.5 Å². The van der Waals surface area contributed by atoms with Crippen molar-refractivity contribution in [2.75, 3.05) is 40.0 Å². The molecule has 0 spiro atoms. The highest BCUT2D eigenvalue weighted by Gasteiger charge is 2.14.